The van der Waals surface area contributed by atoms with Crippen LogP contribution in [0.1, 0.15) is 52.3 Å². The number of amides is 1. The van der Waals surface area contributed by atoms with Crippen LogP contribution in [0.2, 0.25) is 0 Å². The van der Waals surface area contributed by atoms with E-state index in [0.29, 0.717) is 74.2 Å². The fourth-order valence-electron chi connectivity index (χ4n) is 4.02. The van der Waals surface area contributed by atoms with Crippen LogP contribution in [0.3, 0.4) is 0 Å². The molecule has 158 valence electrons. The molecule has 11 heteroatoms. The van der Waals surface area contributed by atoms with Crippen molar-refractivity contribution in [1.29, 1.82) is 0 Å². The zero-order valence-electron chi connectivity index (χ0n) is 16.8. The van der Waals surface area contributed by atoms with Crippen molar-refractivity contribution in [2.24, 2.45) is 5.92 Å². The lowest BCUT2D eigenvalue weighted by molar-refractivity contribution is 0.0484. The summed E-state index contributed by atoms with van der Waals surface area (Å²) < 4.78 is 35.2. The van der Waals surface area contributed by atoms with Crippen LogP contribution in [0.15, 0.2) is 9.05 Å². The Morgan fingerprint density at radius 2 is 1.83 bits per heavy atom. The standard InChI is InChI=1S/C18H25N5O5S/c1-11-16(12(2)27-20-11)18(24)22-9-13(10-22)8-15-19-17(21-28-15)14-4-6-23(7-5-14)29(3,25)26/h13-14H,4-10H2,1-3H3. The first-order valence-electron chi connectivity index (χ1n) is 9.72. The number of hydrogen-bond donors (Lipinski definition) is 0. The molecular formula is C18H25N5O5S. The highest BCUT2D eigenvalue weighted by atomic mass is 32.2. The Balaban J connectivity index is 1.28. The minimum Gasteiger partial charge on any atom is -0.361 e. The molecule has 0 aliphatic carbocycles. The molecule has 0 radical (unpaired) electrons. The predicted octanol–water partition coefficient (Wildman–Crippen LogP) is 1.13. The summed E-state index contributed by atoms with van der Waals surface area (Å²) in [5, 5.41) is 7.94. The number of piperidine rings is 1. The molecule has 2 aliphatic rings. The third-order valence-electron chi connectivity index (χ3n) is 5.73. The van der Waals surface area contributed by atoms with Crippen LogP contribution in [0.5, 0.6) is 0 Å². The number of likely N-dealkylation sites (tertiary alicyclic amines) is 1. The van der Waals surface area contributed by atoms with Crippen molar-refractivity contribution in [3.8, 4) is 0 Å². The van der Waals surface area contributed by atoms with Crippen LogP contribution < -0.4 is 0 Å². The van der Waals surface area contributed by atoms with E-state index in [-0.39, 0.29) is 17.7 Å². The first-order chi connectivity index (χ1) is 13.7. The Kier molecular flexibility index (Phi) is 5.19. The van der Waals surface area contributed by atoms with E-state index in [9.17, 15) is 13.2 Å². The van der Waals surface area contributed by atoms with E-state index >= 15 is 0 Å². The molecule has 2 aliphatic heterocycles. The van der Waals surface area contributed by atoms with Crippen molar-refractivity contribution in [1.82, 2.24) is 24.5 Å². The van der Waals surface area contributed by atoms with Gasteiger partial charge in [-0.25, -0.2) is 12.7 Å². The van der Waals surface area contributed by atoms with E-state index in [4.69, 9.17) is 9.05 Å². The highest BCUT2D eigenvalue weighted by molar-refractivity contribution is 7.88. The fraction of sp³-hybridized carbons (Fsp3) is 0.667. The molecule has 4 heterocycles. The first-order valence-corrected chi connectivity index (χ1v) is 11.6. The Labute approximate surface area is 169 Å². The van der Waals surface area contributed by atoms with Crippen LogP contribution in [-0.2, 0) is 16.4 Å². The molecule has 0 spiro atoms. The van der Waals surface area contributed by atoms with Gasteiger partial charge in [-0.3, -0.25) is 4.79 Å². The van der Waals surface area contributed by atoms with E-state index in [1.54, 1.807) is 18.7 Å². The number of carbonyl (C=O) groups excluding carboxylic acids is 1. The van der Waals surface area contributed by atoms with E-state index in [2.05, 4.69) is 15.3 Å². The molecule has 0 atom stereocenters. The summed E-state index contributed by atoms with van der Waals surface area (Å²) in [5.41, 5.74) is 1.16. The number of nitrogens with zero attached hydrogens (tertiary/aromatic N) is 5. The predicted molar refractivity (Wildman–Crippen MR) is 102 cm³/mol. The van der Waals surface area contributed by atoms with Gasteiger partial charge in [-0.15, -0.1) is 0 Å². The monoisotopic (exact) mass is 423 g/mol. The van der Waals surface area contributed by atoms with Gasteiger partial charge in [0.15, 0.2) is 5.82 Å². The second kappa shape index (κ2) is 7.52. The van der Waals surface area contributed by atoms with Gasteiger partial charge in [0.25, 0.3) is 5.91 Å². The van der Waals surface area contributed by atoms with Gasteiger partial charge in [0.2, 0.25) is 15.9 Å². The third kappa shape index (κ3) is 4.06. The van der Waals surface area contributed by atoms with Crippen LogP contribution in [0.25, 0.3) is 0 Å². The molecule has 0 saturated carbocycles. The quantitative estimate of drug-likeness (QED) is 0.701. The topological polar surface area (TPSA) is 123 Å². The minimum absolute atomic E-state index is 0.0543. The lowest BCUT2D eigenvalue weighted by atomic mass is 9.94. The van der Waals surface area contributed by atoms with Crippen molar-refractivity contribution in [2.75, 3.05) is 32.4 Å². The molecule has 29 heavy (non-hydrogen) atoms. The molecule has 2 fully saturated rings. The summed E-state index contributed by atoms with van der Waals surface area (Å²) in [6.45, 7) is 5.73. The maximum absolute atomic E-state index is 12.6. The molecular weight excluding hydrogens is 398 g/mol. The number of hydrogen-bond acceptors (Lipinski definition) is 8. The Morgan fingerprint density at radius 1 is 1.14 bits per heavy atom. The molecule has 0 N–H and O–H groups in total. The summed E-state index contributed by atoms with van der Waals surface area (Å²) in [4.78, 5) is 18.9. The zero-order chi connectivity index (χ0) is 20.8. The number of rotatable bonds is 5. The van der Waals surface area contributed by atoms with Gasteiger partial charge in [0.05, 0.1) is 11.9 Å². The second-order valence-electron chi connectivity index (χ2n) is 7.96. The van der Waals surface area contributed by atoms with Gasteiger partial charge in [-0.2, -0.15) is 4.98 Å². The van der Waals surface area contributed by atoms with E-state index < -0.39 is 10.0 Å². The SMILES string of the molecule is Cc1noc(C)c1C(=O)N1CC(Cc2nc(C3CCN(S(C)(=O)=O)CC3)no2)C1. The van der Waals surface area contributed by atoms with Crippen LogP contribution in [0.4, 0.5) is 0 Å². The van der Waals surface area contributed by atoms with Crippen molar-refractivity contribution in [3.63, 3.8) is 0 Å². The Hall–Kier alpha value is -2.27. The largest absolute Gasteiger partial charge is 0.361 e. The molecule has 0 unspecified atom stereocenters. The van der Waals surface area contributed by atoms with E-state index in [0.717, 1.165) is 0 Å². The van der Waals surface area contributed by atoms with Crippen molar-refractivity contribution in [2.45, 2.75) is 39.0 Å². The van der Waals surface area contributed by atoms with Crippen molar-refractivity contribution < 1.29 is 22.3 Å². The van der Waals surface area contributed by atoms with Gasteiger partial charge >= 0.3 is 0 Å². The lowest BCUT2D eigenvalue weighted by Gasteiger charge is -2.38. The summed E-state index contributed by atoms with van der Waals surface area (Å²) in [7, 11) is -3.15. The minimum atomic E-state index is -3.15. The second-order valence-corrected chi connectivity index (χ2v) is 9.94. The van der Waals surface area contributed by atoms with E-state index in [1.807, 2.05) is 0 Å². The highest BCUT2D eigenvalue weighted by Crippen LogP contribution is 2.28. The smallest absolute Gasteiger partial charge is 0.259 e. The number of aryl methyl sites for hydroxylation is 2. The maximum atomic E-state index is 12.6. The Bertz CT molecular complexity index is 980. The van der Waals surface area contributed by atoms with Gasteiger partial charge in [-0.1, -0.05) is 10.3 Å². The van der Waals surface area contributed by atoms with Gasteiger partial charge < -0.3 is 13.9 Å². The normalized spacial score (nSPS) is 19.5. The molecule has 0 bridgehead atoms. The molecule has 0 aromatic carbocycles. The molecule has 1 amide bonds. The molecule has 4 rings (SSSR count). The summed E-state index contributed by atoms with van der Waals surface area (Å²) in [5.74, 6) is 2.10. The number of aromatic nitrogens is 3. The Morgan fingerprint density at radius 3 is 2.41 bits per heavy atom. The average Bonchev–Trinajstić information content (AvgIpc) is 3.23. The highest BCUT2D eigenvalue weighted by Gasteiger charge is 2.35. The molecule has 2 aromatic heterocycles. The molecule has 2 aromatic rings. The van der Waals surface area contributed by atoms with Gasteiger partial charge in [0, 0.05) is 44.4 Å². The van der Waals surface area contributed by atoms with Crippen LogP contribution in [-0.4, -0.2) is 71.3 Å². The van der Waals surface area contributed by atoms with Crippen LogP contribution in [0, 0.1) is 19.8 Å². The maximum Gasteiger partial charge on any atom is 0.259 e. The number of carbonyl (C=O) groups is 1. The fourth-order valence-corrected chi connectivity index (χ4v) is 4.89. The average molecular weight is 423 g/mol. The van der Waals surface area contributed by atoms with Crippen molar-refractivity contribution >= 4 is 15.9 Å². The van der Waals surface area contributed by atoms with Gasteiger partial charge in [0.1, 0.15) is 11.3 Å². The molecule has 2 saturated heterocycles. The molecule has 10 nitrogen and oxygen atoms in total. The summed E-state index contributed by atoms with van der Waals surface area (Å²) in [6.07, 6.45) is 3.24. The van der Waals surface area contributed by atoms with Crippen LogP contribution >= 0.6 is 0 Å². The van der Waals surface area contributed by atoms with Crippen molar-refractivity contribution in [3.05, 3.63) is 28.7 Å². The number of sulfonamides is 1. The van der Waals surface area contributed by atoms with E-state index in [1.165, 1.54) is 10.6 Å². The lowest BCUT2D eigenvalue weighted by Crippen LogP contribution is -2.51. The zero-order valence-corrected chi connectivity index (χ0v) is 17.6. The van der Waals surface area contributed by atoms with Gasteiger partial charge in [-0.05, 0) is 26.7 Å². The summed E-state index contributed by atoms with van der Waals surface area (Å²) >= 11 is 0. The first kappa shape index (κ1) is 20.0. The third-order valence-corrected chi connectivity index (χ3v) is 7.03. The summed E-state index contributed by atoms with van der Waals surface area (Å²) in [6, 6.07) is 0.